The molecule has 0 aliphatic carbocycles. The third kappa shape index (κ3) is 2.15. The Morgan fingerprint density at radius 3 is 2.79 bits per heavy atom. The molecule has 0 saturated carbocycles. The summed E-state index contributed by atoms with van der Waals surface area (Å²) < 4.78 is 0.867. The van der Waals surface area contributed by atoms with Crippen LogP contribution in [0.1, 0.15) is 21.5 Å². The van der Waals surface area contributed by atoms with Gasteiger partial charge < -0.3 is 0 Å². The first-order chi connectivity index (χ1) is 6.61. The summed E-state index contributed by atoms with van der Waals surface area (Å²) in [5.74, 6) is -0.0466. The van der Waals surface area contributed by atoms with Gasteiger partial charge in [0.2, 0.25) is 0 Å². The van der Waals surface area contributed by atoms with Gasteiger partial charge in [-0.15, -0.1) is 0 Å². The number of aryl methyl sites for hydroxylation is 1. The highest BCUT2D eigenvalue weighted by Gasteiger charge is 2.15. The molecule has 4 heteroatoms. The summed E-state index contributed by atoms with van der Waals surface area (Å²) in [6, 6.07) is 5.57. The van der Waals surface area contributed by atoms with Crippen molar-refractivity contribution in [3.8, 4) is 6.07 Å². The SMILES string of the molecule is Cc1ccc(C#N)c(C(=O)CBr)c1I. The van der Waals surface area contributed by atoms with E-state index in [4.69, 9.17) is 5.26 Å². The molecule has 0 saturated heterocycles. The molecule has 0 bridgehead atoms. The monoisotopic (exact) mass is 363 g/mol. The van der Waals surface area contributed by atoms with Crippen LogP contribution in [0.4, 0.5) is 0 Å². The minimum absolute atomic E-state index is 0.0466. The van der Waals surface area contributed by atoms with Gasteiger partial charge in [-0.1, -0.05) is 22.0 Å². The molecule has 2 nitrogen and oxygen atoms in total. The Kier molecular flexibility index (Phi) is 4.08. The first-order valence-electron chi connectivity index (χ1n) is 3.90. The summed E-state index contributed by atoms with van der Waals surface area (Å²) in [7, 11) is 0. The number of nitrogens with zero attached hydrogens (tertiary/aromatic N) is 1. The molecule has 0 unspecified atom stereocenters. The lowest BCUT2D eigenvalue weighted by Gasteiger charge is -2.06. The highest BCUT2D eigenvalue weighted by atomic mass is 127. The Labute approximate surface area is 105 Å². The zero-order valence-corrected chi connectivity index (χ0v) is 11.2. The van der Waals surface area contributed by atoms with Crippen LogP contribution in [0.3, 0.4) is 0 Å². The minimum Gasteiger partial charge on any atom is -0.293 e. The number of carbonyl (C=O) groups is 1. The summed E-state index contributed by atoms with van der Waals surface area (Å²) in [6.07, 6.45) is 0. The second kappa shape index (κ2) is 4.89. The van der Waals surface area contributed by atoms with Crippen LogP contribution in [0.2, 0.25) is 0 Å². The van der Waals surface area contributed by atoms with Gasteiger partial charge in [-0.3, -0.25) is 4.79 Å². The Morgan fingerprint density at radius 2 is 2.29 bits per heavy atom. The van der Waals surface area contributed by atoms with E-state index in [-0.39, 0.29) is 11.1 Å². The Morgan fingerprint density at radius 1 is 1.64 bits per heavy atom. The van der Waals surface area contributed by atoms with Crippen molar-refractivity contribution < 1.29 is 4.79 Å². The molecule has 0 atom stereocenters. The summed E-state index contributed by atoms with van der Waals surface area (Å²) in [5, 5.41) is 9.11. The number of ketones is 1. The van der Waals surface area contributed by atoms with Crippen LogP contribution >= 0.6 is 38.5 Å². The number of hydrogen-bond acceptors (Lipinski definition) is 2. The molecular weight excluding hydrogens is 357 g/mol. The van der Waals surface area contributed by atoms with Gasteiger partial charge in [-0.25, -0.2) is 0 Å². The molecule has 0 aromatic heterocycles. The molecule has 0 aliphatic heterocycles. The highest BCUT2D eigenvalue weighted by molar-refractivity contribution is 14.1. The van der Waals surface area contributed by atoms with E-state index in [0.717, 1.165) is 9.13 Å². The van der Waals surface area contributed by atoms with Crippen LogP contribution < -0.4 is 0 Å². The largest absolute Gasteiger partial charge is 0.293 e. The van der Waals surface area contributed by atoms with Gasteiger partial charge in [-0.2, -0.15) is 5.26 Å². The summed E-state index contributed by atoms with van der Waals surface area (Å²) in [5.41, 5.74) is 2.00. The number of alkyl halides is 1. The number of carbonyl (C=O) groups excluding carboxylic acids is 1. The maximum Gasteiger partial charge on any atom is 0.175 e. The third-order valence-electron chi connectivity index (χ3n) is 1.86. The molecule has 14 heavy (non-hydrogen) atoms. The van der Waals surface area contributed by atoms with Crippen molar-refractivity contribution in [2.75, 3.05) is 5.33 Å². The van der Waals surface area contributed by atoms with Crippen LogP contribution in [0, 0.1) is 21.8 Å². The van der Waals surface area contributed by atoms with Gasteiger partial charge in [0, 0.05) is 9.13 Å². The van der Waals surface area contributed by atoms with E-state index in [2.05, 4.69) is 38.5 Å². The number of hydrogen-bond donors (Lipinski definition) is 0. The highest BCUT2D eigenvalue weighted by Crippen LogP contribution is 2.21. The molecule has 0 spiro atoms. The van der Waals surface area contributed by atoms with E-state index in [0.29, 0.717) is 11.1 Å². The van der Waals surface area contributed by atoms with Crippen molar-refractivity contribution >= 4 is 44.3 Å². The van der Waals surface area contributed by atoms with Gasteiger partial charge in [0.1, 0.15) is 0 Å². The Hall–Kier alpha value is -0.410. The lowest BCUT2D eigenvalue weighted by Crippen LogP contribution is -2.07. The van der Waals surface area contributed by atoms with Crippen LogP contribution in [0.25, 0.3) is 0 Å². The van der Waals surface area contributed by atoms with Crippen LogP contribution in [-0.2, 0) is 0 Å². The van der Waals surface area contributed by atoms with Crippen LogP contribution in [-0.4, -0.2) is 11.1 Å². The molecule has 1 aromatic carbocycles. The Bertz CT molecular complexity index is 423. The van der Waals surface area contributed by atoms with E-state index in [1.54, 1.807) is 6.07 Å². The number of rotatable bonds is 2. The van der Waals surface area contributed by atoms with Gasteiger partial charge in [0.15, 0.2) is 5.78 Å². The molecule has 72 valence electrons. The zero-order valence-electron chi connectivity index (χ0n) is 7.47. The van der Waals surface area contributed by atoms with Gasteiger partial charge in [0.05, 0.1) is 17.0 Å². The zero-order chi connectivity index (χ0) is 10.7. The molecule has 0 heterocycles. The van der Waals surface area contributed by atoms with Crippen molar-refractivity contribution in [3.63, 3.8) is 0 Å². The van der Waals surface area contributed by atoms with Crippen LogP contribution in [0.5, 0.6) is 0 Å². The average Bonchev–Trinajstić information content (AvgIpc) is 2.20. The standard InChI is InChI=1S/C10H7BrINO/c1-6-2-3-7(5-13)9(10(6)12)8(14)4-11/h2-3H,4H2,1H3. The van der Waals surface area contributed by atoms with Gasteiger partial charge >= 0.3 is 0 Å². The molecule has 0 N–H and O–H groups in total. The molecule has 1 aromatic rings. The second-order valence-electron chi connectivity index (χ2n) is 2.79. The molecular formula is C10H7BrINO. The first-order valence-corrected chi connectivity index (χ1v) is 6.10. The maximum atomic E-state index is 11.6. The van der Waals surface area contributed by atoms with E-state index in [9.17, 15) is 4.79 Å². The molecule has 0 radical (unpaired) electrons. The Balaban J connectivity index is 3.45. The lowest BCUT2D eigenvalue weighted by atomic mass is 10.0. The number of nitriles is 1. The second-order valence-corrected chi connectivity index (χ2v) is 4.43. The summed E-state index contributed by atoms with van der Waals surface area (Å²) in [4.78, 5) is 11.6. The van der Waals surface area contributed by atoms with Crippen molar-refractivity contribution in [1.82, 2.24) is 0 Å². The fraction of sp³-hybridized carbons (Fsp3) is 0.200. The van der Waals surface area contributed by atoms with Gasteiger partial charge in [-0.05, 0) is 41.1 Å². The predicted octanol–water partition coefficient (Wildman–Crippen LogP) is 3.05. The van der Waals surface area contributed by atoms with Crippen LogP contribution in [0.15, 0.2) is 12.1 Å². The van der Waals surface area contributed by atoms with Crippen molar-refractivity contribution in [2.24, 2.45) is 0 Å². The fourth-order valence-electron chi connectivity index (χ4n) is 1.11. The molecule has 0 fully saturated rings. The number of benzene rings is 1. The number of Topliss-reactive ketones (excluding diaryl/α,β-unsaturated/α-hetero) is 1. The van der Waals surface area contributed by atoms with Gasteiger partial charge in [0.25, 0.3) is 0 Å². The topological polar surface area (TPSA) is 40.9 Å². The fourth-order valence-corrected chi connectivity index (χ4v) is 2.16. The minimum atomic E-state index is -0.0466. The summed E-state index contributed by atoms with van der Waals surface area (Å²) >= 11 is 5.21. The third-order valence-corrected chi connectivity index (χ3v) is 3.76. The molecule has 0 aliphatic rings. The maximum absolute atomic E-state index is 11.6. The van der Waals surface area contributed by atoms with E-state index in [1.807, 2.05) is 19.1 Å². The van der Waals surface area contributed by atoms with E-state index >= 15 is 0 Å². The summed E-state index contributed by atoms with van der Waals surface area (Å²) in [6.45, 7) is 1.92. The number of halogens is 2. The van der Waals surface area contributed by atoms with E-state index < -0.39 is 0 Å². The van der Waals surface area contributed by atoms with Crippen molar-refractivity contribution in [2.45, 2.75) is 6.92 Å². The van der Waals surface area contributed by atoms with Crippen molar-refractivity contribution in [3.05, 3.63) is 32.4 Å². The van der Waals surface area contributed by atoms with E-state index in [1.165, 1.54) is 0 Å². The molecule has 0 amide bonds. The average molecular weight is 364 g/mol. The predicted molar refractivity (Wildman–Crippen MR) is 66.7 cm³/mol. The normalized spacial score (nSPS) is 9.57. The molecule has 1 rings (SSSR count). The quantitative estimate of drug-likeness (QED) is 0.460. The van der Waals surface area contributed by atoms with Crippen molar-refractivity contribution in [1.29, 1.82) is 5.26 Å². The first kappa shape index (κ1) is 11.7. The lowest BCUT2D eigenvalue weighted by molar-refractivity contribution is 0.102. The smallest absolute Gasteiger partial charge is 0.175 e.